The first kappa shape index (κ1) is 23.2. The van der Waals surface area contributed by atoms with Gasteiger partial charge in [0.25, 0.3) is 0 Å². The van der Waals surface area contributed by atoms with Crippen LogP contribution in [0, 0.1) is 12.8 Å². The number of fused-ring (bicyclic) bond motifs is 3. The lowest BCUT2D eigenvalue weighted by Crippen LogP contribution is -2.34. The Kier molecular flexibility index (Phi) is 5.29. The van der Waals surface area contributed by atoms with Crippen molar-refractivity contribution in [1.29, 1.82) is 0 Å². The number of ketones is 1. The highest BCUT2D eigenvalue weighted by Crippen LogP contribution is 2.54. The Morgan fingerprint density at radius 2 is 1.79 bits per heavy atom. The molecule has 0 unspecified atom stereocenters. The van der Waals surface area contributed by atoms with E-state index in [0.717, 1.165) is 35.4 Å². The lowest BCUT2D eigenvalue weighted by molar-refractivity contribution is 0.0925. The van der Waals surface area contributed by atoms with Gasteiger partial charge in [0.05, 0.1) is 7.11 Å². The van der Waals surface area contributed by atoms with E-state index < -0.39 is 0 Å². The van der Waals surface area contributed by atoms with E-state index in [1.807, 2.05) is 0 Å². The van der Waals surface area contributed by atoms with Gasteiger partial charge >= 0.3 is 0 Å². The number of nitrogens with zero attached hydrogens (tertiary/aromatic N) is 1. The Labute approximate surface area is 203 Å². The molecular weight excluding hydrogens is 426 g/mol. The van der Waals surface area contributed by atoms with Gasteiger partial charge in [-0.25, -0.2) is 0 Å². The molecule has 5 heteroatoms. The zero-order chi connectivity index (χ0) is 24.6. The second-order valence-corrected chi connectivity index (χ2v) is 11.5. The van der Waals surface area contributed by atoms with Crippen molar-refractivity contribution in [2.45, 2.75) is 71.3 Å². The number of methoxy groups -OCH3 is 1. The van der Waals surface area contributed by atoms with Crippen LogP contribution in [-0.4, -0.2) is 38.2 Å². The van der Waals surface area contributed by atoms with Crippen molar-refractivity contribution in [3.05, 3.63) is 51.6 Å². The van der Waals surface area contributed by atoms with Crippen LogP contribution in [0.4, 0.5) is 0 Å². The number of Topliss-reactive ketones (excluding diaryl/α,β-unsaturated/α-hetero) is 1. The van der Waals surface area contributed by atoms with E-state index in [0.29, 0.717) is 23.8 Å². The maximum Gasteiger partial charge on any atom is 0.231 e. The van der Waals surface area contributed by atoms with Crippen molar-refractivity contribution in [1.82, 2.24) is 4.90 Å². The van der Waals surface area contributed by atoms with Crippen molar-refractivity contribution in [2.24, 2.45) is 5.92 Å². The first-order valence-corrected chi connectivity index (χ1v) is 12.4. The molecule has 2 heterocycles. The lowest BCUT2D eigenvalue weighted by Gasteiger charge is -2.35. The number of hydrogen-bond donors (Lipinski definition) is 0. The van der Waals surface area contributed by atoms with Gasteiger partial charge in [0.2, 0.25) is 12.5 Å². The van der Waals surface area contributed by atoms with E-state index in [9.17, 15) is 4.79 Å². The van der Waals surface area contributed by atoms with Crippen LogP contribution in [0.3, 0.4) is 0 Å². The fraction of sp³-hybridized carbons (Fsp3) is 0.552. The summed E-state index contributed by atoms with van der Waals surface area (Å²) < 4.78 is 17.2. The second kappa shape index (κ2) is 7.74. The highest BCUT2D eigenvalue weighted by atomic mass is 16.7. The summed E-state index contributed by atoms with van der Waals surface area (Å²) in [5.74, 6) is 2.76. The standard InChI is InChI=1S/C29H37NO4/c1-16-11-20-21(29(5,6)17(2)28(20,3)4)13-19(16)23(31)14-22-25-18(9-10-30(22)7)12-24-26(27(25)32-8)34-15-33-24/h11-13,17,22H,9-10,14-15H2,1-8H3/t17-,22+/m0/s1. The van der Waals surface area contributed by atoms with Gasteiger partial charge in [-0.15, -0.1) is 0 Å². The van der Waals surface area contributed by atoms with Crippen LogP contribution >= 0.6 is 0 Å². The van der Waals surface area contributed by atoms with Crippen LogP contribution in [0.1, 0.15) is 85.3 Å². The smallest absolute Gasteiger partial charge is 0.231 e. The van der Waals surface area contributed by atoms with Crippen molar-refractivity contribution in [3.8, 4) is 17.2 Å². The van der Waals surface area contributed by atoms with Gasteiger partial charge in [-0.05, 0) is 71.5 Å². The molecule has 0 N–H and O–H groups in total. The number of hydrogen-bond acceptors (Lipinski definition) is 5. The molecule has 0 amide bonds. The van der Waals surface area contributed by atoms with E-state index >= 15 is 0 Å². The monoisotopic (exact) mass is 463 g/mol. The third-order valence-electron chi connectivity index (χ3n) is 9.14. The number of carbonyl (C=O) groups excluding carboxylic acids is 1. The van der Waals surface area contributed by atoms with Crippen molar-refractivity contribution < 1.29 is 19.0 Å². The molecule has 0 spiro atoms. The number of likely N-dealkylation sites (N-methyl/N-ethyl adjacent to an activating group) is 1. The summed E-state index contributed by atoms with van der Waals surface area (Å²) in [6.45, 7) is 14.8. The average Bonchev–Trinajstić information content (AvgIpc) is 3.30. The summed E-state index contributed by atoms with van der Waals surface area (Å²) >= 11 is 0. The molecule has 0 aromatic heterocycles. The molecule has 2 aromatic rings. The van der Waals surface area contributed by atoms with E-state index in [2.05, 4.69) is 71.7 Å². The summed E-state index contributed by atoms with van der Waals surface area (Å²) in [7, 11) is 3.76. The number of ether oxygens (including phenoxy) is 3. The third-order valence-corrected chi connectivity index (χ3v) is 9.14. The molecule has 2 aromatic carbocycles. The van der Waals surface area contributed by atoms with Gasteiger partial charge in [-0.3, -0.25) is 9.69 Å². The number of rotatable bonds is 4. The van der Waals surface area contributed by atoms with E-state index in [4.69, 9.17) is 14.2 Å². The molecule has 0 bridgehead atoms. The number of carbonyl (C=O) groups is 1. The van der Waals surface area contributed by atoms with Crippen LogP contribution < -0.4 is 14.2 Å². The number of aryl methyl sites for hydroxylation is 1. The van der Waals surface area contributed by atoms with Gasteiger partial charge in [0, 0.05) is 30.1 Å². The molecule has 0 saturated heterocycles. The summed E-state index contributed by atoms with van der Waals surface area (Å²) in [4.78, 5) is 16.1. The summed E-state index contributed by atoms with van der Waals surface area (Å²) in [6.07, 6.45) is 1.29. The van der Waals surface area contributed by atoms with E-state index in [1.54, 1.807) is 7.11 Å². The zero-order valence-corrected chi connectivity index (χ0v) is 21.8. The summed E-state index contributed by atoms with van der Waals surface area (Å²) in [6, 6.07) is 6.46. The quantitative estimate of drug-likeness (QED) is 0.541. The molecule has 34 heavy (non-hydrogen) atoms. The molecule has 2 aliphatic heterocycles. The first-order valence-electron chi connectivity index (χ1n) is 12.4. The molecule has 5 nitrogen and oxygen atoms in total. The second-order valence-electron chi connectivity index (χ2n) is 11.5. The third kappa shape index (κ3) is 3.19. The average molecular weight is 464 g/mol. The number of benzene rings is 2. The van der Waals surface area contributed by atoms with Gasteiger partial charge in [0.15, 0.2) is 17.3 Å². The molecule has 182 valence electrons. The summed E-state index contributed by atoms with van der Waals surface area (Å²) in [5.41, 5.74) is 6.96. The predicted molar refractivity (Wildman–Crippen MR) is 134 cm³/mol. The largest absolute Gasteiger partial charge is 0.492 e. The molecule has 3 aliphatic rings. The SMILES string of the molecule is COc1c2c(cc3c1[C@@H](CC(=O)c1cc4c(cc1C)C(C)(C)[C@H](C)C4(C)C)N(C)CC3)OCO2. The lowest BCUT2D eigenvalue weighted by atomic mass is 9.71. The van der Waals surface area contributed by atoms with Crippen LogP contribution in [-0.2, 0) is 17.3 Å². The fourth-order valence-electron chi connectivity index (χ4n) is 6.51. The fourth-order valence-corrected chi connectivity index (χ4v) is 6.51. The zero-order valence-electron chi connectivity index (χ0n) is 21.8. The normalized spacial score (nSPS) is 24.0. The van der Waals surface area contributed by atoms with Gasteiger partial charge in [-0.2, -0.15) is 0 Å². The van der Waals surface area contributed by atoms with Gasteiger partial charge in [-0.1, -0.05) is 40.7 Å². The van der Waals surface area contributed by atoms with Crippen LogP contribution in [0.25, 0.3) is 0 Å². The topological polar surface area (TPSA) is 48.0 Å². The van der Waals surface area contributed by atoms with Crippen LogP contribution in [0.5, 0.6) is 17.2 Å². The molecule has 1 aliphatic carbocycles. The Bertz CT molecular complexity index is 1180. The highest BCUT2D eigenvalue weighted by molar-refractivity contribution is 5.98. The summed E-state index contributed by atoms with van der Waals surface area (Å²) in [5, 5.41) is 0. The van der Waals surface area contributed by atoms with Crippen molar-refractivity contribution in [2.75, 3.05) is 27.5 Å². The van der Waals surface area contributed by atoms with E-state index in [1.165, 1.54) is 16.7 Å². The first-order chi connectivity index (χ1) is 16.0. The van der Waals surface area contributed by atoms with Gasteiger partial charge < -0.3 is 14.2 Å². The molecule has 0 radical (unpaired) electrons. The Morgan fingerprint density at radius 1 is 1.12 bits per heavy atom. The maximum atomic E-state index is 13.9. The van der Waals surface area contributed by atoms with Crippen LogP contribution in [0.2, 0.25) is 0 Å². The molecule has 0 saturated carbocycles. The molecular formula is C29H37NO4. The molecule has 0 fully saturated rings. The van der Waals surface area contributed by atoms with Gasteiger partial charge in [0.1, 0.15) is 0 Å². The minimum absolute atomic E-state index is 0.0247. The Morgan fingerprint density at radius 3 is 2.47 bits per heavy atom. The molecule has 5 rings (SSSR count). The minimum atomic E-state index is -0.0725. The van der Waals surface area contributed by atoms with Crippen molar-refractivity contribution >= 4 is 5.78 Å². The Balaban J connectivity index is 1.54. The minimum Gasteiger partial charge on any atom is -0.492 e. The highest BCUT2D eigenvalue weighted by Gasteiger charge is 2.49. The molecule has 2 atom stereocenters. The van der Waals surface area contributed by atoms with E-state index in [-0.39, 0.29) is 29.4 Å². The Hall–Kier alpha value is -2.53. The maximum absolute atomic E-state index is 13.9. The van der Waals surface area contributed by atoms with Crippen molar-refractivity contribution in [3.63, 3.8) is 0 Å². The van der Waals surface area contributed by atoms with Crippen LogP contribution in [0.15, 0.2) is 18.2 Å². The predicted octanol–water partition coefficient (Wildman–Crippen LogP) is 5.74.